The van der Waals surface area contributed by atoms with Crippen LogP contribution in [-0.4, -0.2) is 33.1 Å². The number of fused-ring (bicyclic) bond motifs is 1. The highest BCUT2D eigenvalue weighted by Crippen LogP contribution is 2.30. The summed E-state index contributed by atoms with van der Waals surface area (Å²) in [5.74, 6) is -0.880. The minimum absolute atomic E-state index is 0.112. The van der Waals surface area contributed by atoms with E-state index in [1.807, 2.05) is 6.07 Å². The second-order valence-corrected chi connectivity index (χ2v) is 6.08. The topological polar surface area (TPSA) is 95.6 Å². The van der Waals surface area contributed by atoms with Crippen LogP contribution >= 0.6 is 11.6 Å². The zero-order chi connectivity index (χ0) is 18.1. The van der Waals surface area contributed by atoms with Crippen molar-refractivity contribution in [1.29, 1.82) is 5.26 Å². The maximum Gasteiger partial charge on any atom is 0.295 e. The van der Waals surface area contributed by atoms with Crippen molar-refractivity contribution in [2.75, 3.05) is 10.6 Å². The Hall–Kier alpha value is -2.73. The fourth-order valence-electron chi connectivity index (χ4n) is 2.60. The van der Waals surface area contributed by atoms with Crippen molar-refractivity contribution < 1.29 is 13.6 Å². The maximum absolute atomic E-state index is 13.2. The molecule has 0 saturated heterocycles. The number of aromatic nitrogens is 3. The van der Waals surface area contributed by atoms with Crippen LogP contribution in [0.1, 0.15) is 35.6 Å². The SMILES string of the molecule is C[C@H]1C[C@@H](C(F)F)n2nc(C(=O)Nc3cc(Cl)ccc3C#N)nc2N1. The Morgan fingerprint density at radius 2 is 2.32 bits per heavy atom. The molecule has 1 aromatic carbocycles. The largest absolute Gasteiger partial charge is 0.352 e. The zero-order valence-electron chi connectivity index (χ0n) is 13.0. The van der Waals surface area contributed by atoms with E-state index >= 15 is 0 Å². The summed E-state index contributed by atoms with van der Waals surface area (Å²) in [4.78, 5) is 16.3. The summed E-state index contributed by atoms with van der Waals surface area (Å²) in [5, 5.41) is 18.7. The average Bonchev–Trinajstić information content (AvgIpc) is 2.98. The number of alkyl halides is 2. The summed E-state index contributed by atoms with van der Waals surface area (Å²) in [6.07, 6.45) is -2.46. The van der Waals surface area contributed by atoms with E-state index in [1.54, 1.807) is 6.92 Å². The van der Waals surface area contributed by atoms with Gasteiger partial charge in [-0.3, -0.25) is 4.79 Å². The molecule has 130 valence electrons. The predicted octanol–water partition coefficient (Wildman–Crippen LogP) is 3.07. The van der Waals surface area contributed by atoms with Crippen molar-refractivity contribution in [2.45, 2.75) is 31.9 Å². The smallest absolute Gasteiger partial charge is 0.295 e. The van der Waals surface area contributed by atoms with Gasteiger partial charge in [0.25, 0.3) is 12.3 Å². The molecule has 2 aromatic rings. The summed E-state index contributed by atoms with van der Waals surface area (Å²) in [7, 11) is 0. The van der Waals surface area contributed by atoms with Crippen LogP contribution in [0.3, 0.4) is 0 Å². The molecule has 0 spiro atoms. The Bertz CT molecular complexity index is 862. The van der Waals surface area contributed by atoms with E-state index < -0.39 is 18.4 Å². The van der Waals surface area contributed by atoms with Crippen LogP contribution in [-0.2, 0) is 0 Å². The molecule has 2 heterocycles. The van der Waals surface area contributed by atoms with E-state index in [0.717, 1.165) is 4.68 Å². The minimum atomic E-state index is -2.63. The summed E-state index contributed by atoms with van der Waals surface area (Å²) < 4.78 is 27.4. The van der Waals surface area contributed by atoms with E-state index in [-0.39, 0.29) is 35.5 Å². The molecule has 0 aliphatic carbocycles. The molecule has 0 unspecified atom stereocenters. The Kier molecular flexibility index (Phi) is 4.55. The maximum atomic E-state index is 13.2. The molecule has 1 aromatic heterocycles. The molecule has 1 aliphatic heterocycles. The fraction of sp³-hybridized carbons (Fsp3) is 0.333. The van der Waals surface area contributed by atoms with Gasteiger partial charge >= 0.3 is 0 Å². The van der Waals surface area contributed by atoms with Gasteiger partial charge in [0, 0.05) is 11.1 Å². The van der Waals surface area contributed by atoms with Crippen LogP contribution in [0.25, 0.3) is 0 Å². The Morgan fingerprint density at radius 1 is 1.56 bits per heavy atom. The quantitative estimate of drug-likeness (QED) is 0.870. The third-order valence-electron chi connectivity index (χ3n) is 3.76. The number of nitrogens with zero attached hydrogens (tertiary/aromatic N) is 4. The van der Waals surface area contributed by atoms with Crippen molar-refractivity contribution >= 4 is 29.1 Å². The van der Waals surface area contributed by atoms with Crippen molar-refractivity contribution in [3.8, 4) is 6.07 Å². The van der Waals surface area contributed by atoms with Gasteiger partial charge in [-0.05, 0) is 31.5 Å². The van der Waals surface area contributed by atoms with Crippen molar-refractivity contribution in [3.63, 3.8) is 0 Å². The van der Waals surface area contributed by atoms with Crippen LogP contribution in [0.4, 0.5) is 20.4 Å². The molecule has 2 N–H and O–H groups in total. The first-order valence-corrected chi connectivity index (χ1v) is 7.79. The van der Waals surface area contributed by atoms with Crippen LogP contribution < -0.4 is 10.6 Å². The molecule has 7 nitrogen and oxygen atoms in total. The van der Waals surface area contributed by atoms with Crippen molar-refractivity contribution in [3.05, 3.63) is 34.6 Å². The van der Waals surface area contributed by atoms with Gasteiger partial charge in [-0.15, -0.1) is 5.10 Å². The fourth-order valence-corrected chi connectivity index (χ4v) is 2.77. The third kappa shape index (κ3) is 3.39. The number of carbonyl (C=O) groups excluding carboxylic acids is 1. The number of hydrogen-bond acceptors (Lipinski definition) is 5. The number of benzene rings is 1. The minimum Gasteiger partial charge on any atom is -0.352 e. The van der Waals surface area contributed by atoms with Crippen LogP contribution in [0.5, 0.6) is 0 Å². The summed E-state index contributed by atoms with van der Waals surface area (Å²) in [5.41, 5.74) is 0.401. The van der Waals surface area contributed by atoms with Gasteiger partial charge in [-0.2, -0.15) is 10.2 Å². The first-order chi connectivity index (χ1) is 11.9. The Morgan fingerprint density at radius 3 is 3.00 bits per heavy atom. The molecule has 1 aliphatic rings. The molecule has 0 bridgehead atoms. The monoisotopic (exact) mass is 366 g/mol. The Labute approximate surface area is 146 Å². The number of nitrogens with one attached hydrogen (secondary N) is 2. The lowest BCUT2D eigenvalue weighted by molar-refractivity contribution is 0.0662. The number of amides is 1. The van der Waals surface area contributed by atoms with Crippen LogP contribution in [0, 0.1) is 11.3 Å². The highest BCUT2D eigenvalue weighted by Gasteiger charge is 2.34. The number of rotatable bonds is 3. The molecule has 25 heavy (non-hydrogen) atoms. The molecule has 1 amide bonds. The second-order valence-electron chi connectivity index (χ2n) is 5.64. The lowest BCUT2D eigenvalue weighted by atomic mass is 10.1. The number of nitriles is 1. The van der Waals surface area contributed by atoms with Gasteiger partial charge in [0.1, 0.15) is 12.1 Å². The normalized spacial score (nSPS) is 19.0. The molecular weight excluding hydrogens is 354 g/mol. The van der Waals surface area contributed by atoms with E-state index in [4.69, 9.17) is 16.9 Å². The van der Waals surface area contributed by atoms with Gasteiger partial charge < -0.3 is 10.6 Å². The number of hydrogen-bond donors (Lipinski definition) is 2. The molecule has 0 fully saturated rings. The van der Waals surface area contributed by atoms with E-state index in [1.165, 1.54) is 18.2 Å². The molecule has 10 heteroatoms. The first kappa shape index (κ1) is 17.1. The van der Waals surface area contributed by atoms with Crippen molar-refractivity contribution in [1.82, 2.24) is 14.8 Å². The van der Waals surface area contributed by atoms with E-state index in [2.05, 4.69) is 20.7 Å². The zero-order valence-corrected chi connectivity index (χ0v) is 13.8. The highest BCUT2D eigenvalue weighted by molar-refractivity contribution is 6.31. The van der Waals surface area contributed by atoms with Gasteiger partial charge in [0.15, 0.2) is 0 Å². The molecule has 3 rings (SSSR count). The lowest BCUT2D eigenvalue weighted by Gasteiger charge is -2.28. The molecule has 2 atom stereocenters. The second kappa shape index (κ2) is 6.64. The average molecular weight is 367 g/mol. The number of anilines is 2. The molecule has 0 radical (unpaired) electrons. The standard InChI is InChI=1S/C15H13ClF2N6O/c1-7-4-11(12(17)18)24-15(20-7)22-13(23-24)14(25)21-10-5-9(16)3-2-8(10)6-19/h2-3,5,7,11-12H,4H2,1H3,(H,21,25)(H,20,22,23)/t7-,11-/m0/s1. The number of carbonyl (C=O) groups is 1. The van der Waals surface area contributed by atoms with Gasteiger partial charge in [0.2, 0.25) is 11.8 Å². The summed E-state index contributed by atoms with van der Waals surface area (Å²) in [6, 6.07) is 4.94. The molecular formula is C15H13ClF2N6O. The van der Waals surface area contributed by atoms with E-state index in [9.17, 15) is 13.6 Å². The van der Waals surface area contributed by atoms with Gasteiger partial charge in [0.05, 0.1) is 11.3 Å². The summed E-state index contributed by atoms with van der Waals surface area (Å²) in [6.45, 7) is 1.75. The summed E-state index contributed by atoms with van der Waals surface area (Å²) >= 11 is 5.87. The van der Waals surface area contributed by atoms with Crippen LogP contribution in [0.2, 0.25) is 5.02 Å². The van der Waals surface area contributed by atoms with Crippen LogP contribution in [0.15, 0.2) is 18.2 Å². The Balaban J connectivity index is 1.89. The van der Waals surface area contributed by atoms with Crippen molar-refractivity contribution in [2.24, 2.45) is 0 Å². The lowest BCUT2D eigenvalue weighted by Crippen LogP contribution is -2.33. The molecule has 0 saturated carbocycles. The number of halogens is 3. The van der Waals surface area contributed by atoms with Gasteiger partial charge in [-0.25, -0.2) is 13.5 Å². The predicted molar refractivity (Wildman–Crippen MR) is 86.9 cm³/mol. The third-order valence-corrected chi connectivity index (χ3v) is 4.00. The highest BCUT2D eigenvalue weighted by atomic mass is 35.5. The van der Waals surface area contributed by atoms with E-state index in [0.29, 0.717) is 5.02 Å². The van der Waals surface area contributed by atoms with Gasteiger partial charge in [-0.1, -0.05) is 11.6 Å². The first-order valence-electron chi connectivity index (χ1n) is 7.41.